The lowest BCUT2D eigenvalue weighted by Crippen LogP contribution is -2.27. The van der Waals surface area contributed by atoms with Crippen molar-refractivity contribution in [3.05, 3.63) is 23.8 Å². The Morgan fingerprint density at radius 2 is 1.87 bits per heavy atom. The van der Waals surface area contributed by atoms with Gasteiger partial charge >= 0.3 is 12.4 Å². The summed E-state index contributed by atoms with van der Waals surface area (Å²) < 4.78 is 75.0. The third-order valence-electron chi connectivity index (χ3n) is 2.76. The third-order valence-corrected chi connectivity index (χ3v) is 3.90. The van der Waals surface area contributed by atoms with E-state index in [-0.39, 0.29) is 17.1 Å². The average molecular weight is 360 g/mol. The standard InChI is InChI=1S/C13H14F6N2OS/c1-7(5-20)11(22)21-9-4-8(13(17,18)19)2-3-10(9)23-6-12(14,15)16/h2-4,7H,5-6,20H2,1H3,(H,21,22). The number of halogens is 6. The molecule has 130 valence electrons. The predicted octanol–water partition coefficient (Wildman–Crippen LogP) is 3.89. The summed E-state index contributed by atoms with van der Waals surface area (Å²) in [4.78, 5) is 11.7. The zero-order chi connectivity index (χ0) is 17.8. The minimum Gasteiger partial charge on any atom is -0.330 e. The smallest absolute Gasteiger partial charge is 0.330 e. The molecule has 0 radical (unpaired) electrons. The van der Waals surface area contributed by atoms with Gasteiger partial charge in [-0.3, -0.25) is 4.79 Å². The van der Waals surface area contributed by atoms with Crippen molar-refractivity contribution in [3.63, 3.8) is 0 Å². The number of hydrogen-bond acceptors (Lipinski definition) is 3. The van der Waals surface area contributed by atoms with E-state index >= 15 is 0 Å². The molecule has 0 fully saturated rings. The highest BCUT2D eigenvalue weighted by Gasteiger charge is 2.32. The van der Waals surface area contributed by atoms with Crippen molar-refractivity contribution in [2.45, 2.75) is 24.2 Å². The normalized spacial score (nSPS) is 13.7. The fraction of sp³-hybridized carbons (Fsp3) is 0.462. The maximum absolute atomic E-state index is 12.7. The Kier molecular flexibility index (Phi) is 6.34. The summed E-state index contributed by atoms with van der Waals surface area (Å²) in [6.07, 6.45) is -9.16. The van der Waals surface area contributed by atoms with Gasteiger partial charge in [-0.25, -0.2) is 0 Å². The van der Waals surface area contributed by atoms with Gasteiger partial charge in [0.25, 0.3) is 0 Å². The van der Waals surface area contributed by atoms with E-state index in [0.29, 0.717) is 23.9 Å². The van der Waals surface area contributed by atoms with Crippen LogP contribution in [0.5, 0.6) is 0 Å². The molecule has 1 amide bonds. The number of thioether (sulfide) groups is 1. The van der Waals surface area contributed by atoms with Gasteiger partial charge in [0, 0.05) is 17.4 Å². The van der Waals surface area contributed by atoms with Gasteiger partial charge < -0.3 is 11.1 Å². The van der Waals surface area contributed by atoms with Crippen molar-refractivity contribution in [2.24, 2.45) is 11.7 Å². The number of nitrogens with one attached hydrogen (secondary N) is 1. The van der Waals surface area contributed by atoms with Gasteiger partial charge in [0.1, 0.15) is 0 Å². The first kappa shape index (κ1) is 19.6. The summed E-state index contributed by atoms with van der Waals surface area (Å²) in [5.41, 5.74) is 3.90. The molecule has 0 spiro atoms. The molecule has 0 saturated carbocycles. The lowest BCUT2D eigenvalue weighted by atomic mass is 10.1. The summed E-state index contributed by atoms with van der Waals surface area (Å²) in [7, 11) is 0. The number of benzene rings is 1. The highest BCUT2D eigenvalue weighted by Crippen LogP contribution is 2.37. The molecule has 0 aliphatic carbocycles. The summed E-state index contributed by atoms with van der Waals surface area (Å²) >= 11 is 0.296. The Morgan fingerprint density at radius 1 is 1.26 bits per heavy atom. The van der Waals surface area contributed by atoms with Crippen LogP contribution in [0.1, 0.15) is 12.5 Å². The molecular weight excluding hydrogens is 346 g/mol. The largest absolute Gasteiger partial charge is 0.416 e. The fourth-order valence-electron chi connectivity index (χ4n) is 1.45. The van der Waals surface area contributed by atoms with Crippen LogP contribution in [0.25, 0.3) is 0 Å². The lowest BCUT2D eigenvalue weighted by Gasteiger charge is -2.16. The molecule has 1 aromatic carbocycles. The van der Waals surface area contributed by atoms with E-state index in [9.17, 15) is 31.1 Å². The highest BCUT2D eigenvalue weighted by atomic mass is 32.2. The Balaban J connectivity index is 3.11. The fourth-order valence-corrected chi connectivity index (χ4v) is 2.20. The number of carbonyl (C=O) groups is 1. The quantitative estimate of drug-likeness (QED) is 0.619. The van der Waals surface area contributed by atoms with Gasteiger partial charge in [-0.05, 0) is 18.2 Å². The molecule has 1 rings (SSSR count). The summed E-state index contributed by atoms with van der Waals surface area (Å²) in [5.74, 6) is -2.64. The van der Waals surface area contributed by atoms with Crippen molar-refractivity contribution < 1.29 is 31.1 Å². The number of nitrogens with two attached hydrogens (primary N) is 1. The van der Waals surface area contributed by atoms with Crippen LogP contribution in [-0.2, 0) is 11.0 Å². The van der Waals surface area contributed by atoms with Gasteiger partial charge in [0.15, 0.2) is 0 Å². The second-order valence-corrected chi connectivity index (χ2v) is 5.76. The molecule has 1 unspecified atom stereocenters. The van der Waals surface area contributed by atoms with Crippen molar-refractivity contribution >= 4 is 23.4 Å². The van der Waals surface area contributed by atoms with Gasteiger partial charge in [0.05, 0.1) is 17.0 Å². The first-order chi connectivity index (χ1) is 10.4. The zero-order valence-electron chi connectivity index (χ0n) is 11.9. The Hall–Kier alpha value is -1.42. The average Bonchev–Trinajstić information content (AvgIpc) is 2.42. The molecule has 1 aromatic rings. The molecule has 0 aliphatic heterocycles. The molecule has 23 heavy (non-hydrogen) atoms. The van der Waals surface area contributed by atoms with Crippen molar-refractivity contribution in [1.82, 2.24) is 0 Å². The summed E-state index contributed by atoms with van der Waals surface area (Å²) in [6, 6.07) is 2.18. The molecule has 3 N–H and O–H groups in total. The minimum atomic E-state index is -4.67. The molecule has 0 aromatic heterocycles. The van der Waals surface area contributed by atoms with E-state index in [1.165, 1.54) is 6.92 Å². The molecule has 0 aliphatic rings. The van der Waals surface area contributed by atoms with Gasteiger partial charge in [-0.1, -0.05) is 6.92 Å². The third kappa shape index (κ3) is 6.30. The van der Waals surface area contributed by atoms with Crippen LogP contribution < -0.4 is 11.1 Å². The molecule has 0 heterocycles. The van der Waals surface area contributed by atoms with Crippen molar-refractivity contribution in [3.8, 4) is 0 Å². The van der Waals surface area contributed by atoms with Crippen LogP contribution in [0.15, 0.2) is 23.1 Å². The van der Waals surface area contributed by atoms with Crippen LogP contribution in [0.4, 0.5) is 32.0 Å². The van der Waals surface area contributed by atoms with Crippen LogP contribution in [0.2, 0.25) is 0 Å². The van der Waals surface area contributed by atoms with E-state index in [2.05, 4.69) is 5.32 Å². The Morgan fingerprint density at radius 3 is 2.35 bits per heavy atom. The van der Waals surface area contributed by atoms with Crippen LogP contribution in [0, 0.1) is 5.92 Å². The van der Waals surface area contributed by atoms with Crippen molar-refractivity contribution in [2.75, 3.05) is 17.6 Å². The van der Waals surface area contributed by atoms with Gasteiger partial charge in [-0.15, -0.1) is 11.8 Å². The Labute approximate surface area is 132 Å². The minimum absolute atomic E-state index is 0.0458. The summed E-state index contributed by atoms with van der Waals surface area (Å²) in [5, 5.41) is 2.20. The number of rotatable bonds is 5. The lowest BCUT2D eigenvalue weighted by molar-refractivity contribution is -0.137. The number of carbonyl (C=O) groups excluding carboxylic acids is 1. The zero-order valence-corrected chi connectivity index (χ0v) is 12.7. The van der Waals surface area contributed by atoms with E-state index in [4.69, 9.17) is 5.73 Å². The number of amides is 1. The molecule has 10 heteroatoms. The maximum atomic E-state index is 12.7. The van der Waals surface area contributed by atoms with E-state index in [1.807, 2.05) is 0 Å². The molecule has 0 bridgehead atoms. The van der Waals surface area contributed by atoms with Gasteiger partial charge in [0.2, 0.25) is 5.91 Å². The maximum Gasteiger partial charge on any atom is 0.416 e. The van der Waals surface area contributed by atoms with Gasteiger partial charge in [-0.2, -0.15) is 26.3 Å². The summed E-state index contributed by atoms with van der Waals surface area (Å²) in [6.45, 7) is 1.40. The van der Waals surface area contributed by atoms with Crippen LogP contribution in [-0.4, -0.2) is 24.4 Å². The second-order valence-electron chi connectivity index (χ2n) is 4.74. The molecule has 0 saturated heterocycles. The highest BCUT2D eigenvalue weighted by molar-refractivity contribution is 7.99. The molecular formula is C13H14F6N2OS. The van der Waals surface area contributed by atoms with E-state index in [1.54, 1.807) is 0 Å². The monoisotopic (exact) mass is 360 g/mol. The van der Waals surface area contributed by atoms with E-state index in [0.717, 1.165) is 6.07 Å². The first-order valence-electron chi connectivity index (χ1n) is 6.35. The Bertz CT molecular complexity index is 558. The number of anilines is 1. The number of alkyl halides is 6. The topological polar surface area (TPSA) is 55.1 Å². The SMILES string of the molecule is CC(CN)C(=O)Nc1cc(C(F)(F)F)ccc1SCC(F)(F)F. The predicted molar refractivity (Wildman–Crippen MR) is 75.1 cm³/mol. The second kappa shape index (κ2) is 7.43. The van der Waals surface area contributed by atoms with E-state index < -0.39 is 35.5 Å². The van der Waals surface area contributed by atoms with Crippen LogP contribution >= 0.6 is 11.8 Å². The first-order valence-corrected chi connectivity index (χ1v) is 7.34. The molecule has 3 nitrogen and oxygen atoms in total. The number of hydrogen-bond donors (Lipinski definition) is 2. The van der Waals surface area contributed by atoms with Crippen LogP contribution in [0.3, 0.4) is 0 Å². The van der Waals surface area contributed by atoms with Crippen molar-refractivity contribution in [1.29, 1.82) is 0 Å². The molecule has 1 atom stereocenters.